The van der Waals surface area contributed by atoms with Crippen LogP contribution in [-0.2, 0) is 17.1 Å². The Bertz CT molecular complexity index is 333. The van der Waals surface area contributed by atoms with E-state index >= 15 is 0 Å². The van der Waals surface area contributed by atoms with Crippen LogP contribution in [0.5, 0.6) is 5.75 Å². The molecule has 0 atom stereocenters. The van der Waals surface area contributed by atoms with Crippen LogP contribution in [0.1, 0.15) is 5.56 Å². The van der Waals surface area contributed by atoms with E-state index in [4.69, 9.17) is 5.11 Å². The van der Waals surface area contributed by atoms with Crippen molar-refractivity contribution >= 4 is 10.9 Å². The van der Waals surface area contributed by atoms with E-state index in [-0.39, 0.29) is 10.9 Å². The molecule has 0 unspecified atom stereocenters. The van der Waals surface area contributed by atoms with E-state index in [1.807, 2.05) is 12.5 Å². The van der Waals surface area contributed by atoms with Crippen LogP contribution in [0.15, 0.2) is 23.1 Å². The molecule has 1 rings (SSSR count). The molecule has 78 valence electrons. The van der Waals surface area contributed by atoms with Crippen LogP contribution >= 0.6 is 0 Å². The molecule has 1 N–H and O–H groups in total. The lowest BCUT2D eigenvalue weighted by Gasteiger charge is -2.08. The lowest BCUT2D eigenvalue weighted by atomic mass is 10.2. The number of phenols is 1. The fraction of sp³-hybridized carbons (Fsp3) is 0.333. The highest BCUT2D eigenvalue weighted by atomic mass is 32.2. The van der Waals surface area contributed by atoms with Crippen molar-refractivity contribution in [2.45, 2.75) is 11.1 Å². The minimum absolute atomic E-state index is 0.243. The van der Waals surface area contributed by atoms with Crippen molar-refractivity contribution in [2.24, 2.45) is 0 Å². The summed E-state index contributed by atoms with van der Waals surface area (Å²) in [5, 5.41) is 9.04. The Morgan fingerprint density at radius 2 is 1.79 bits per heavy atom. The average Bonchev–Trinajstić information content (AvgIpc) is 2.02. The minimum atomic E-state index is -4.49. The van der Waals surface area contributed by atoms with Crippen LogP contribution in [0.3, 0.4) is 0 Å². The Morgan fingerprint density at radius 1 is 1.21 bits per heavy atom. The summed E-state index contributed by atoms with van der Waals surface area (Å²) in [7, 11) is -0.243. The topological polar surface area (TPSA) is 20.2 Å². The van der Waals surface area contributed by atoms with Gasteiger partial charge >= 0.3 is 6.18 Å². The van der Waals surface area contributed by atoms with Crippen LogP contribution in [0, 0.1) is 0 Å². The first-order valence-electron chi connectivity index (χ1n) is 3.80. The Hall–Kier alpha value is -0.840. The Kier molecular flexibility index (Phi) is 2.99. The monoisotopic (exact) mass is 223 g/mol. The molecule has 0 amide bonds. The normalized spacial score (nSPS) is 12.1. The maximum absolute atomic E-state index is 12.3. The van der Waals surface area contributed by atoms with E-state index in [0.29, 0.717) is 4.90 Å². The highest BCUT2D eigenvalue weighted by molar-refractivity contribution is 7.95. The number of halogens is 3. The number of aromatic hydroxyl groups is 1. The van der Waals surface area contributed by atoms with Gasteiger partial charge in [-0.05, 0) is 12.1 Å². The molecule has 0 aliphatic rings. The molecule has 0 aromatic heterocycles. The first kappa shape index (κ1) is 11.2. The molecule has 1 nitrogen and oxygen atoms in total. The van der Waals surface area contributed by atoms with Gasteiger partial charge in [0.25, 0.3) is 0 Å². The molecule has 0 radical (unpaired) electrons. The highest BCUT2D eigenvalue weighted by Gasteiger charge is 2.35. The summed E-state index contributed by atoms with van der Waals surface area (Å²) in [5.41, 5.74) is -0.962. The molecule has 0 saturated carbocycles. The lowest BCUT2D eigenvalue weighted by Crippen LogP contribution is -2.07. The Morgan fingerprint density at radius 3 is 2.21 bits per heavy atom. The zero-order valence-corrected chi connectivity index (χ0v) is 8.54. The van der Waals surface area contributed by atoms with Crippen molar-refractivity contribution < 1.29 is 18.3 Å². The number of hydrogen-bond acceptors (Lipinski definition) is 1. The van der Waals surface area contributed by atoms with Gasteiger partial charge in [-0.15, -0.1) is 0 Å². The van der Waals surface area contributed by atoms with E-state index in [1.54, 1.807) is 0 Å². The zero-order chi connectivity index (χ0) is 10.9. The molecule has 0 heterocycles. The van der Waals surface area contributed by atoms with Crippen molar-refractivity contribution in [1.29, 1.82) is 0 Å². The average molecular weight is 223 g/mol. The maximum Gasteiger partial charge on any atom is 0.420 e. The van der Waals surface area contributed by atoms with E-state index in [9.17, 15) is 13.2 Å². The summed E-state index contributed by atoms with van der Waals surface area (Å²) in [6.07, 6.45) is -0.835. The van der Waals surface area contributed by atoms with Crippen molar-refractivity contribution in [2.75, 3.05) is 12.5 Å². The first-order chi connectivity index (χ1) is 6.32. The van der Waals surface area contributed by atoms with Crippen molar-refractivity contribution in [3.8, 4) is 5.75 Å². The summed E-state index contributed by atoms with van der Waals surface area (Å²) >= 11 is 0. The van der Waals surface area contributed by atoms with E-state index in [0.717, 1.165) is 12.1 Å². The largest absolute Gasteiger partial charge is 0.507 e. The number of benzene rings is 1. The van der Waals surface area contributed by atoms with Crippen LogP contribution in [0.25, 0.3) is 0 Å². The molecular weight excluding hydrogens is 213 g/mol. The second-order valence-corrected chi connectivity index (χ2v) is 5.10. The van der Waals surface area contributed by atoms with Gasteiger partial charge in [0.1, 0.15) is 23.8 Å². The fourth-order valence-electron chi connectivity index (χ4n) is 0.996. The standard InChI is InChI=1S/C9H9F3OS/c1-14(2)6-3-4-8(13)7(5-6)9(10,11)12/h3-5H,1-2H3/p+1. The zero-order valence-electron chi connectivity index (χ0n) is 7.72. The van der Waals surface area contributed by atoms with Crippen LogP contribution < -0.4 is 0 Å². The summed E-state index contributed by atoms with van der Waals surface area (Å²) in [6, 6.07) is 3.59. The van der Waals surface area contributed by atoms with Crippen molar-refractivity contribution in [3.63, 3.8) is 0 Å². The van der Waals surface area contributed by atoms with Gasteiger partial charge in [-0.3, -0.25) is 0 Å². The summed E-state index contributed by atoms with van der Waals surface area (Å²) < 4.78 is 37.0. The number of rotatable bonds is 1. The molecule has 0 aliphatic heterocycles. The third kappa shape index (κ3) is 2.35. The SMILES string of the molecule is C[S+](C)c1ccc(O)c(C(F)(F)F)c1. The van der Waals surface area contributed by atoms with E-state index in [1.165, 1.54) is 6.07 Å². The van der Waals surface area contributed by atoms with Gasteiger partial charge < -0.3 is 5.11 Å². The summed E-state index contributed by atoms with van der Waals surface area (Å²) in [4.78, 5) is 0.593. The van der Waals surface area contributed by atoms with Gasteiger partial charge in [-0.25, -0.2) is 0 Å². The smallest absolute Gasteiger partial charge is 0.420 e. The van der Waals surface area contributed by atoms with E-state index in [2.05, 4.69) is 0 Å². The molecule has 0 saturated heterocycles. The van der Waals surface area contributed by atoms with Gasteiger partial charge in [0, 0.05) is 17.0 Å². The fourth-order valence-corrected chi connectivity index (χ4v) is 1.69. The molecular formula is C9H10F3OS+. The van der Waals surface area contributed by atoms with Gasteiger partial charge in [-0.2, -0.15) is 13.2 Å². The predicted octanol–water partition coefficient (Wildman–Crippen LogP) is 2.65. The summed E-state index contributed by atoms with van der Waals surface area (Å²) in [6.45, 7) is 0. The molecule has 1 aromatic rings. The second kappa shape index (κ2) is 3.73. The molecule has 1 aromatic carbocycles. The van der Waals surface area contributed by atoms with Gasteiger partial charge in [-0.1, -0.05) is 0 Å². The summed E-state index contributed by atoms with van der Waals surface area (Å²) in [5.74, 6) is -0.716. The van der Waals surface area contributed by atoms with Crippen LogP contribution in [0.2, 0.25) is 0 Å². The van der Waals surface area contributed by atoms with Crippen molar-refractivity contribution in [3.05, 3.63) is 23.8 Å². The molecule has 0 fully saturated rings. The molecule has 14 heavy (non-hydrogen) atoms. The maximum atomic E-state index is 12.3. The van der Waals surface area contributed by atoms with E-state index < -0.39 is 17.5 Å². The molecule has 5 heteroatoms. The second-order valence-electron chi connectivity index (χ2n) is 2.99. The quantitative estimate of drug-likeness (QED) is 0.726. The van der Waals surface area contributed by atoms with Crippen LogP contribution in [-0.4, -0.2) is 17.6 Å². The molecule has 0 spiro atoms. The Balaban J connectivity index is 3.22. The van der Waals surface area contributed by atoms with Gasteiger partial charge in [0.15, 0.2) is 4.90 Å². The van der Waals surface area contributed by atoms with Crippen LogP contribution in [0.4, 0.5) is 13.2 Å². The highest BCUT2D eigenvalue weighted by Crippen LogP contribution is 2.36. The predicted molar refractivity (Wildman–Crippen MR) is 50.6 cm³/mol. The molecule has 0 bridgehead atoms. The third-order valence-corrected chi connectivity index (χ3v) is 2.94. The molecule has 0 aliphatic carbocycles. The van der Waals surface area contributed by atoms with Crippen molar-refractivity contribution in [1.82, 2.24) is 0 Å². The lowest BCUT2D eigenvalue weighted by molar-refractivity contribution is -0.138. The minimum Gasteiger partial charge on any atom is -0.507 e. The van der Waals surface area contributed by atoms with Gasteiger partial charge in [0.05, 0.1) is 0 Å². The number of alkyl halides is 3. The first-order valence-corrected chi connectivity index (χ1v) is 5.84. The number of hydrogen-bond donors (Lipinski definition) is 1. The third-order valence-electron chi connectivity index (χ3n) is 1.74. The number of phenolic OH excluding ortho intramolecular Hbond substituents is 1. The van der Waals surface area contributed by atoms with Gasteiger partial charge in [0.2, 0.25) is 0 Å². The Labute approximate surface area is 82.9 Å².